The lowest BCUT2D eigenvalue weighted by atomic mass is 9.79. The number of carbonyl (C=O) groups is 1. The van der Waals surface area contributed by atoms with E-state index in [1.165, 1.54) is 12.1 Å². The van der Waals surface area contributed by atoms with Crippen LogP contribution in [-0.2, 0) is 23.7 Å². The van der Waals surface area contributed by atoms with E-state index in [-0.39, 0.29) is 42.0 Å². The molecule has 1 amide bonds. The quantitative estimate of drug-likeness (QED) is 0.660. The number of halogens is 6. The standard InChI is InChI=1S/C22H23F6N3O2/c1-3-12(10-32)29-20(33)11-7-14-13-5-4-6-16-18(13)15(8-17(14)30(2)9-11)19(21(23,24)25)31(16)22(26,27)28/h4-7,11-12,17,32H,3,8-10H2,1-2H3,(H,29,33)/t11?,12-,17+/m0/s1. The van der Waals surface area contributed by atoms with Gasteiger partial charge in [-0.3, -0.25) is 9.69 Å². The third-order valence-corrected chi connectivity index (χ3v) is 6.48. The molecule has 2 N–H and O–H groups in total. The van der Waals surface area contributed by atoms with E-state index in [1.54, 1.807) is 24.9 Å². The van der Waals surface area contributed by atoms with Gasteiger partial charge < -0.3 is 10.4 Å². The van der Waals surface area contributed by atoms with Gasteiger partial charge in [-0.1, -0.05) is 25.1 Å². The van der Waals surface area contributed by atoms with Gasteiger partial charge in [0.25, 0.3) is 0 Å². The van der Waals surface area contributed by atoms with Crippen molar-refractivity contribution in [2.75, 3.05) is 20.2 Å². The fourth-order valence-electron chi connectivity index (χ4n) is 4.95. The van der Waals surface area contributed by atoms with E-state index in [0.717, 1.165) is 6.07 Å². The lowest BCUT2D eigenvalue weighted by Crippen LogP contribution is -2.48. The van der Waals surface area contributed by atoms with Crippen LogP contribution in [0.25, 0.3) is 16.5 Å². The van der Waals surface area contributed by atoms with Gasteiger partial charge in [0.15, 0.2) is 0 Å². The summed E-state index contributed by atoms with van der Waals surface area (Å²) >= 11 is 0. The molecule has 0 saturated heterocycles. The van der Waals surface area contributed by atoms with Gasteiger partial charge in [-0.15, -0.1) is 13.2 Å². The fourth-order valence-corrected chi connectivity index (χ4v) is 4.95. The second kappa shape index (κ2) is 8.05. The van der Waals surface area contributed by atoms with Gasteiger partial charge in [0.2, 0.25) is 5.91 Å². The van der Waals surface area contributed by atoms with E-state index in [9.17, 15) is 36.2 Å². The summed E-state index contributed by atoms with van der Waals surface area (Å²) in [5, 5.41) is 12.0. The Bertz CT molecular complexity index is 1110. The zero-order valence-electron chi connectivity index (χ0n) is 17.9. The molecule has 2 aliphatic rings. The Kier molecular flexibility index (Phi) is 5.76. The molecule has 0 fully saturated rings. The number of carbonyl (C=O) groups excluding carboxylic acids is 1. The maximum Gasteiger partial charge on any atom is 0.489 e. The zero-order chi connectivity index (χ0) is 24.3. The third kappa shape index (κ3) is 3.90. The summed E-state index contributed by atoms with van der Waals surface area (Å²) in [5.41, 5.74) is -1.83. The Balaban J connectivity index is 1.90. The van der Waals surface area contributed by atoms with Crippen molar-refractivity contribution in [2.45, 2.75) is 44.3 Å². The van der Waals surface area contributed by atoms with Crippen molar-refractivity contribution >= 4 is 22.4 Å². The highest BCUT2D eigenvalue weighted by molar-refractivity contribution is 6.00. The van der Waals surface area contributed by atoms with Gasteiger partial charge in [0.05, 0.1) is 24.1 Å². The van der Waals surface area contributed by atoms with Crippen LogP contribution in [0.2, 0.25) is 0 Å². The number of hydrogen-bond acceptors (Lipinski definition) is 3. The van der Waals surface area contributed by atoms with Crippen LogP contribution in [0, 0.1) is 5.92 Å². The summed E-state index contributed by atoms with van der Waals surface area (Å²) < 4.78 is 82.4. The molecule has 2 heterocycles. The molecule has 33 heavy (non-hydrogen) atoms. The number of nitrogens with one attached hydrogen (secondary N) is 1. The van der Waals surface area contributed by atoms with Crippen LogP contribution in [0.4, 0.5) is 26.3 Å². The van der Waals surface area contributed by atoms with Crippen LogP contribution in [0.3, 0.4) is 0 Å². The fraction of sp³-hybridized carbons (Fsp3) is 0.500. The minimum absolute atomic E-state index is 0.0825. The van der Waals surface area contributed by atoms with E-state index in [4.69, 9.17) is 0 Å². The SMILES string of the molecule is CC[C@@H](CO)NC(=O)C1C=C2c3cccc4c3c(c(C(F)(F)F)n4C(F)(F)F)C[C@H]2N(C)C1. The van der Waals surface area contributed by atoms with Crippen molar-refractivity contribution in [2.24, 2.45) is 5.92 Å². The number of amides is 1. The molecule has 3 atom stereocenters. The number of rotatable bonds is 4. The number of benzene rings is 1. The molecular weight excluding hydrogens is 452 g/mol. The molecule has 1 aliphatic heterocycles. The first-order valence-corrected chi connectivity index (χ1v) is 10.5. The van der Waals surface area contributed by atoms with E-state index in [1.807, 2.05) is 0 Å². The van der Waals surface area contributed by atoms with Crippen LogP contribution >= 0.6 is 0 Å². The van der Waals surface area contributed by atoms with Crippen LogP contribution in [0.5, 0.6) is 0 Å². The topological polar surface area (TPSA) is 57.5 Å². The summed E-state index contributed by atoms with van der Waals surface area (Å²) in [6, 6.07) is 2.81. The number of hydrogen-bond donors (Lipinski definition) is 2. The number of aliphatic hydroxyl groups excluding tert-OH is 1. The maximum atomic E-state index is 13.9. The molecule has 11 heteroatoms. The predicted molar refractivity (Wildman–Crippen MR) is 109 cm³/mol. The third-order valence-electron chi connectivity index (χ3n) is 6.48. The van der Waals surface area contributed by atoms with E-state index in [0.29, 0.717) is 12.0 Å². The van der Waals surface area contributed by atoms with Gasteiger partial charge in [-0.05, 0) is 42.7 Å². The molecule has 0 spiro atoms. The first-order valence-electron chi connectivity index (χ1n) is 10.5. The van der Waals surface area contributed by atoms with E-state index in [2.05, 4.69) is 5.32 Å². The van der Waals surface area contributed by atoms with Crippen LogP contribution in [-0.4, -0.2) is 52.8 Å². The average Bonchev–Trinajstić information content (AvgIpc) is 3.09. The highest BCUT2D eigenvalue weighted by Gasteiger charge is 2.49. The Hall–Kier alpha value is -2.53. The highest BCUT2D eigenvalue weighted by atomic mass is 19.4. The largest absolute Gasteiger partial charge is 0.489 e. The smallest absolute Gasteiger partial charge is 0.394 e. The zero-order valence-corrected chi connectivity index (χ0v) is 17.9. The Labute approximate surface area is 185 Å². The van der Waals surface area contributed by atoms with Crippen molar-refractivity contribution in [3.63, 3.8) is 0 Å². The van der Waals surface area contributed by atoms with E-state index >= 15 is 0 Å². The maximum absolute atomic E-state index is 13.9. The van der Waals surface area contributed by atoms with E-state index < -0.39 is 46.3 Å². The number of alkyl halides is 6. The van der Waals surface area contributed by atoms with Crippen LogP contribution in [0.1, 0.15) is 30.2 Å². The molecule has 0 bridgehead atoms. The lowest BCUT2D eigenvalue weighted by Gasteiger charge is -2.40. The van der Waals surface area contributed by atoms with Crippen molar-refractivity contribution in [3.8, 4) is 0 Å². The number of aliphatic hydroxyl groups is 1. The van der Waals surface area contributed by atoms with Gasteiger partial charge in [-0.25, -0.2) is 4.57 Å². The number of aromatic nitrogens is 1. The van der Waals surface area contributed by atoms with Gasteiger partial charge in [0, 0.05) is 18.0 Å². The van der Waals surface area contributed by atoms with Gasteiger partial charge in [0.1, 0.15) is 5.69 Å². The predicted octanol–water partition coefficient (Wildman–Crippen LogP) is 3.89. The molecule has 1 aliphatic carbocycles. The first kappa shape index (κ1) is 23.6. The summed E-state index contributed by atoms with van der Waals surface area (Å²) in [4.78, 5) is 14.5. The molecule has 5 nitrogen and oxygen atoms in total. The molecule has 2 aromatic rings. The number of fused-ring (bicyclic) bond motifs is 2. The number of nitrogens with zero attached hydrogens (tertiary/aromatic N) is 2. The molecular formula is C22H23F6N3O2. The Morgan fingerprint density at radius 1 is 1.24 bits per heavy atom. The molecule has 0 radical (unpaired) electrons. The lowest BCUT2D eigenvalue weighted by molar-refractivity contribution is -0.218. The second-order valence-corrected chi connectivity index (χ2v) is 8.51. The normalized spacial score (nSPS) is 22.2. The van der Waals surface area contributed by atoms with Crippen molar-refractivity contribution in [3.05, 3.63) is 41.1 Å². The Morgan fingerprint density at radius 3 is 2.52 bits per heavy atom. The van der Waals surface area contributed by atoms with Crippen LogP contribution in [0.15, 0.2) is 24.3 Å². The van der Waals surface area contributed by atoms with Crippen molar-refractivity contribution in [1.82, 2.24) is 14.8 Å². The Morgan fingerprint density at radius 2 is 1.94 bits per heavy atom. The molecule has 1 aromatic carbocycles. The summed E-state index contributed by atoms with van der Waals surface area (Å²) in [6.45, 7) is 1.75. The molecule has 4 rings (SSSR count). The monoisotopic (exact) mass is 475 g/mol. The van der Waals surface area contributed by atoms with Crippen LogP contribution < -0.4 is 5.32 Å². The number of likely N-dealkylation sites (N-methyl/N-ethyl adjacent to an activating group) is 1. The molecule has 1 unspecified atom stereocenters. The molecule has 0 saturated carbocycles. The summed E-state index contributed by atoms with van der Waals surface area (Å²) in [7, 11) is 1.64. The minimum atomic E-state index is -5.25. The second-order valence-electron chi connectivity index (χ2n) is 8.51. The van der Waals surface area contributed by atoms with Crippen molar-refractivity contribution in [1.29, 1.82) is 0 Å². The van der Waals surface area contributed by atoms with Gasteiger partial charge in [-0.2, -0.15) is 13.2 Å². The van der Waals surface area contributed by atoms with Crippen molar-refractivity contribution < 1.29 is 36.2 Å². The molecule has 180 valence electrons. The first-order chi connectivity index (χ1) is 15.4. The van der Waals surface area contributed by atoms with Gasteiger partial charge >= 0.3 is 12.5 Å². The summed E-state index contributed by atoms with van der Waals surface area (Å²) in [5.74, 6) is -1.01. The summed E-state index contributed by atoms with van der Waals surface area (Å²) in [6.07, 6.45) is -8.55. The highest BCUT2D eigenvalue weighted by Crippen LogP contribution is 2.49. The minimum Gasteiger partial charge on any atom is -0.394 e. The molecule has 1 aromatic heterocycles. The average molecular weight is 475 g/mol.